The Kier molecular flexibility index (Phi) is 6.86. The highest BCUT2D eigenvalue weighted by Crippen LogP contribution is 2.29. The van der Waals surface area contributed by atoms with Crippen LogP contribution in [0.4, 0.5) is 5.69 Å². The molecule has 0 aliphatic rings. The lowest BCUT2D eigenvalue weighted by Gasteiger charge is -2.18. The van der Waals surface area contributed by atoms with E-state index in [1.807, 2.05) is 55.5 Å². The summed E-state index contributed by atoms with van der Waals surface area (Å²) in [6.45, 7) is 2.27. The first-order chi connectivity index (χ1) is 14.4. The maximum Gasteiger partial charge on any atom is 0.303 e. The summed E-state index contributed by atoms with van der Waals surface area (Å²) in [6, 6.07) is 22.0. The molecule has 0 aliphatic carbocycles. The van der Waals surface area contributed by atoms with Gasteiger partial charge in [-0.2, -0.15) is 0 Å². The Morgan fingerprint density at radius 1 is 1.00 bits per heavy atom. The van der Waals surface area contributed by atoms with Gasteiger partial charge in [-0.1, -0.05) is 48.5 Å². The Morgan fingerprint density at radius 2 is 1.77 bits per heavy atom. The van der Waals surface area contributed by atoms with Crippen LogP contribution >= 0.6 is 0 Å². The van der Waals surface area contributed by atoms with Crippen molar-refractivity contribution in [2.75, 3.05) is 5.73 Å². The van der Waals surface area contributed by atoms with Crippen molar-refractivity contribution in [3.05, 3.63) is 95.1 Å². The standard InChI is InChI=1S/C25H25NO4/c1-17-6-2-3-11-22(17)23(12-13-24(27)28)25(29)19-8-5-10-21(15-19)30-16-18-7-4-9-20(26)14-18/h2-11,14-15,23H,12-13,16,26H2,1H3,(H,27,28). The second-order valence-electron chi connectivity index (χ2n) is 7.27. The highest BCUT2D eigenvalue weighted by Gasteiger charge is 2.24. The average molecular weight is 403 g/mol. The molecule has 3 aromatic carbocycles. The van der Waals surface area contributed by atoms with Crippen molar-refractivity contribution in [1.82, 2.24) is 0 Å². The lowest BCUT2D eigenvalue weighted by atomic mass is 9.85. The number of carboxylic acids is 1. The largest absolute Gasteiger partial charge is 0.489 e. The Bertz CT molecular complexity index is 1040. The number of aliphatic carboxylic acids is 1. The van der Waals surface area contributed by atoms with Crippen molar-refractivity contribution in [3.63, 3.8) is 0 Å². The predicted octanol–water partition coefficient (Wildman–Crippen LogP) is 4.99. The molecule has 3 aromatic rings. The first kappa shape index (κ1) is 21.1. The van der Waals surface area contributed by atoms with Gasteiger partial charge in [0, 0.05) is 23.6 Å². The molecule has 30 heavy (non-hydrogen) atoms. The molecule has 5 nitrogen and oxygen atoms in total. The number of aryl methyl sites for hydroxylation is 1. The first-order valence-corrected chi connectivity index (χ1v) is 9.83. The predicted molar refractivity (Wildman–Crippen MR) is 117 cm³/mol. The third kappa shape index (κ3) is 5.47. The van der Waals surface area contributed by atoms with Gasteiger partial charge in [-0.3, -0.25) is 9.59 Å². The van der Waals surface area contributed by atoms with Crippen LogP contribution in [0.1, 0.15) is 45.8 Å². The number of benzene rings is 3. The van der Waals surface area contributed by atoms with E-state index < -0.39 is 11.9 Å². The molecule has 0 saturated carbocycles. The van der Waals surface area contributed by atoms with Crippen LogP contribution in [-0.4, -0.2) is 16.9 Å². The number of nitrogen functional groups attached to an aromatic ring is 1. The number of Topliss-reactive ketones (excluding diaryl/α,β-unsaturated/α-hetero) is 1. The van der Waals surface area contributed by atoms with Gasteiger partial charge in [0.05, 0.1) is 0 Å². The number of nitrogens with two attached hydrogens (primary N) is 1. The Hall–Kier alpha value is -3.60. The number of carbonyl (C=O) groups excluding carboxylic acids is 1. The molecule has 1 unspecified atom stereocenters. The molecule has 0 aromatic heterocycles. The molecule has 0 heterocycles. The highest BCUT2D eigenvalue weighted by molar-refractivity contribution is 6.01. The molecule has 0 amide bonds. The summed E-state index contributed by atoms with van der Waals surface area (Å²) in [5.41, 5.74) is 9.73. The van der Waals surface area contributed by atoms with Crippen molar-refractivity contribution in [2.24, 2.45) is 0 Å². The van der Waals surface area contributed by atoms with E-state index in [0.29, 0.717) is 23.6 Å². The van der Waals surface area contributed by atoms with Gasteiger partial charge in [0.2, 0.25) is 0 Å². The van der Waals surface area contributed by atoms with Gasteiger partial charge < -0.3 is 15.6 Å². The van der Waals surface area contributed by atoms with Gasteiger partial charge in [0.15, 0.2) is 5.78 Å². The molecule has 0 fully saturated rings. The number of rotatable bonds is 9. The van der Waals surface area contributed by atoms with Gasteiger partial charge in [0.1, 0.15) is 12.4 Å². The van der Waals surface area contributed by atoms with Crippen LogP contribution in [0.25, 0.3) is 0 Å². The van der Waals surface area contributed by atoms with Crippen molar-refractivity contribution >= 4 is 17.4 Å². The number of ketones is 1. The summed E-state index contributed by atoms with van der Waals surface area (Å²) in [5.74, 6) is -0.975. The summed E-state index contributed by atoms with van der Waals surface area (Å²) in [7, 11) is 0. The van der Waals surface area contributed by atoms with E-state index in [0.717, 1.165) is 16.7 Å². The summed E-state index contributed by atoms with van der Waals surface area (Å²) in [4.78, 5) is 24.5. The second-order valence-corrected chi connectivity index (χ2v) is 7.27. The van der Waals surface area contributed by atoms with Crippen LogP contribution in [-0.2, 0) is 11.4 Å². The van der Waals surface area contributed by atoms with Crippen molar-refractivity contribution in [3.8, 4) is 5.75 Å². The van der Waals surface area contributed by atoms with Crippen molar-refractivity contribution in [2.45, 2.75) is 32.3 Å². The molecule has 3 N–H and O–H groups in total. The van der Waals surface area contributed by atoms with Crippen molar-refractivity contribution in [1.29, 1.82) is 0 Å². The Morgan fingerprint density at radius 3 is 2.50 bits per heavy atom. The number of hydrogen-bond donors (Lipinski definition) is 2. The van der Waals surface area contributed by atoms with Crippen LogP contribution in [0.3, 0.4) is 0 Å². The van der Waals surface area contributed by atoms with Crippen LogP contribution in [0, 0.1) is 6.92 Å². The molecular weight excluding hydrogens is 378 g/mol. The Labute approximate surface area is 176 Å². The quantitative estimate of drug-likeness (QED) is 0.388. The zero-order valence-corrected chi connectivity index (χ0v) is 16.9. The molecule has 3 rings (SSSR count). The molecule has 0 radical (unpaired) electrons. The zero-order valence-electron chi connectivity index (χ0n) is 16.9. The van der Waals surface area contributed by atoms with Gasteiger partial charge in [-0.05, 0) is 54.3 Å². The number of carbonyl (C=O) groups is 2. The van der Waals surface area contributed by atoms with Crippen LogP contribution in [0.5, 0.6) is 5.75 Å². The first-order valence-electron chi connectivity index (χ1n) is 9.83. The van der Waals surface area contributed by atoms with E-state index in [2.05, 4.69) is 0 Å². The zero-order chi connectivity index (χ0) is 21.5. The summed E-state index contributed by atoms with van der Waals surface area (Å²) < 4.78 is 5.84. The number of ether oxygens (including phenoxy) is 1. The molecule has 0 aliphatic heterocycles. The highest BCUT2D eigenvalue weighted by atomic mass is 16.5. The monoisotopic (exact) mass is 403 g/mol. The topological polar surface area (TPSA) is 89.6 Å². The fourth-order valence-electron chi connectivity index (χ4n) is 3.46. The lowest BCUT2D eigenvalue weighted by molar-refractivity contribution is -0.137. The summed E-state index contributed by atoms with van der Waals surface area (Å²) in [6.07, 6.45) is 0.170. The summed E-state index contributed by atoms with van der Waals surface area (Å²) in [5, 5.41) is 9.13. The van der Waals surface area contributed by atoms with Crippen LogP contribution in [0.2, 0.25) is 0 Å². The van der Waals surface area contributed by atoms with Gasteiger partial charge in [0.25, 0.3) is 0 Å². The minimum Gasteiger partial charge on any atom is -0.489 e. The lowest BCUT2D eigenvalue weighted by Crippen LogP contribution is -2.16. The molecule has 1 atom stereocenters. The van der Waals surface area contributed by atoms with Gasteiger partial charge in [-0.25, -0.2) is 0 Å². The fraction of sp³-hybridized carbons (Fsp3) is 0.200. The van der Waals surface area contributed by atoms with Crippen LogP contribution in [0.15, 0.2) is 72.8 Å². The molecule has 154 valence electrons. The van der Waals surface area contributed by atoms with E-state index >= 15 is 0 Å². The maximum atomic E-state index is 13.3. The molecule has 0 saturated heterocycles. The molecule has 0 spiro atoms. The van der Waals surface area contributed by atoms with Crippen LogP contribution < -0.4 is 10.5 Å². The van der Waals surface area contributed by atoms with Gasteiger partial charge in [-0.15, -0.1) is 0 Å². The number of anilines is 1. The second kappa shape index (κ2) is 9.74. The summed E-state index contributed by atoms with van der Waals surface area (Å²) >= 11 is 0. The molecular formula is C25H25NO4. The van der Waals surface area contributed by atoms with Gasteiger partial charge >= 0.3 is 5.97 Å². The SMILES string of the molecule is Cc1ccccc1C(CCC(=O)O)C(=O)c1cccc(OCc2cccc(N)c2)c1. The molecule has 0 bridgehead atoms. The van der Waals surface area contributed by atoms with E-state index in [-0.39, 0.29) is 18.6 Å². The van der Waals surface area contributed by atoms with E-state index in [1.54, 1.807) is 24.3 Å². The number of hydrogen-bond acceptors (Lipinski definition) is 4. The molecule has 5 heteroatoms. The maximum absolute atomic E-state index is 13.3. The van der Waals surface area contributed by atoms with Crippen molar-refractivity contribution < 1.29 is 19.4 Å². The fourth-order valence-corrected chi connectivity index (χ4v) is 3.46. The normalized spacial score (nSPS) is 11.6. The smallest absolute Gasteiger partial charge is 0.303 e. The van der Waals surface area contributed by atoms with E-state index in [1.165, 1.54) is 0 Å². The minimum atomic E-state index is -0.916. The third-order valence-corrected chi connectivity index (χ3v) is 5.00. The third-order valence-electron chi connectivity index (χ3n) is 5.00. The van der Waals surface area contributed by atoms with E-state index in [9.17, 15) is 9.59 Å². The number of carboxylic acid groups (broad SMARTS) is 1. The Balaban J connectivity index is 1.81. The van der Waals surface area contributed by atoms with E-state index in [4.69, 9.17) is 15.6 Å². The average Bonchev–Trinajstić information content (AvgIpc) is 2.73. The minimum absolute atomic E-state index is 0.0731.